The second-order valence-corrected chi connectivity index (χ2v) is 18.2. The van der Waals surface area contributed by atoms with E-state index >= 15 is 0 Å². The van der Waals surface area contributed by atoms with Crippen LogP contribution >= 0.6 is 45.3 Å². The van der Waals surface area contributed by atoms with Crippen LogP contribution in [0, 0.1) is 43.4 Å². The Bertz CT molecular complexity index is 2750. The van der Waals surface area contributed by atoms with E-state index in [4.69, 9.17) is 10.5 Å². The maximum Gasteiger partial charge on any atom is 0.346 e. The monoisotopic (exact) mass is 857 g/mol. The number of rotatable bonds is 13. The molecule has 3 aromatic carbocycles. The van der Waals surface area contributed by atoms with E-state index in [1.165, 1.54) is 51.5 Å². The van der Waals surface area contributed by atoms with E-state index in [0.717, 1.165) is 67.2 Å². The van der Waals surface area contributed by atoms with Crippen LogP contribution in [0.3, 0.4) is 0 Å². The average molecular weight is 858 g/mol. The predicted octanol–water partition coefficient (Wildman–Crippen LogP) is 14.0. The summed E-state index contributed by atoms with van der Waals surface area (Å²) in [5.41, 5.74) is 8.36. The Labute approximate surface area is 364 Å². The maximum atomic E-state index is 11.2. The van der Waals surface area contributed by atoms with Gasteiger partial charge in [0.2, 0.25) is 0 Å². The van der Waals surface area contributed by atoms with E-state index in [-0.39, 0.29) is 11.1 Å². The van der Waals surface area contributed by atoms with E-state index in [9.17, 15) is 19.8 Å². The molecule has 7 rings (SSSR count). The first kappa shape index (κ1) is 41.3. The van der Waals surface area contributed by atoms with Crippen molar-refractivity contribution in [2.24, 2.45) is 0 Å². The van der Waals surface area contributed by atoms with Crippen LogP contribution in [0.5, 0.6) is 0 Å². The Morgan fingerprint density at radius 1 is 0.517 bits per heavy atom. The molecule has 0 aliphatic carbocycles. The number of benzene rings is 3. The summed E-state index contributed by atoms with van der Waals surface area (Å²) < 4.78 is 0. The highest BCUT2D eigenvalue weighted by molar-refractivity contribution is 7.23. The molecular weight excluding hydrogens is 823 g/mol. The van der Waals surface area contributed by atoms with Crippen LogP contribution in [0.15, 0.2) is 120 Å². The first-order chi connectivity index (χ1) is 29.0. The second-order valence-electron chi connectivity index (χ2n) is 13.7. The number of nitriles is 2. The van der Waals surface area contributed by atoms with Crippen LogP contribution < -0.4 is 4.90 Å². The number of carboxylic acid groups (broad SMARTS) is 2. The Morgan fingerprint density at radius 3 is 1.22 bits per heavy atom. The zero-order valence-corrected chi connectivity index (χ0v) is 35.8. The summed E-state index contributed by atoms with van der Waals surface area (Å²) in [4.78, 5) is 32.6. The molecule has 0 fully saturated rings. The summed E-state index contributed by atoms with van der Waals surface area (Å²) in [6, 6.07) is 40.8. The van der Waals surface area contributed by atoms with Crippen molar-refractivity contribution in [1.29, 1.82) is 10.5 Å². The van der Waals surface area contributed by atoms with Gasteiger partial charge in [-0.3, -0.25) is 0 Å². The smallest absolute Gasteiger partial charge is 0.346 e. The summed E-state index contributed by atoms with van der Waals surface area (Å²) in [5.74, 6) is -2.47. The normalized spacial score (nSPS) is 11.9. The summed E-state index contributed by atoms with van der Waals surface area (Å²) >= 11 is 6.20. The molecular formula is C49H35N3O4S4. The van der Waals surface area contributed by atoms with Gasteiger partial charge < -0.3 is 15.1 Å². The van der Waals surface area contributed by atoms with Crippen molar-refractivity contribution >= 4 is 111 Å². The highest BCUT2D eigenvalue weighted by atomic mass is 32.1. The minimum absolute atomic E-state index is 0.288. The minimum atomic E-state index is -1.23. The van der Waals surface area contributed by atoms with Crippen molar-refractivity contribution in [1.82, 2.24) is 0 Å². The van der Waals surface area contributed by atoms with Crippen LogP contribution in [0.2, 0.25) is 0 Å². The van der Waals surface area contributed by atoms with Crippen molar-refractivity contribution in [2.45, 2.75) is 20.8 Å². The molecule has 0 saturated heterocycles. The highest BCUT2D eigenvalue weighted by Gasteiger charge is 2.18. The first-order valence-electron chi connectivity index (χ1n) is 18.5. The molecule has 0 aliphatic heterocycles. The van der Waals surface area contributed by atoms with Crippen molar-refractivity contribution in [3.05, 3.63) is 168 Å². The number of thiophene rings is 4. The van der Waals surface area contributed by atoms with Crippen LogP contribution in [-0.2, 0) is 9.59 Å². The van der Waals surface area contributed by atoms with Gasteiger partial charge in [0, 0.05) is 50.4 Å². The minimum Gasteiger partial charge on any atom is -0.477 e. The lowest BCUT2D eigenvalue weighted by Gasteiger charge is -2.29. The largest absolute Gasteiger partial charge is 0.477 e. The Balaban J connectivity index is 1.08. The Kier molecular flexibility index (Phi) is 12.7. The van der Waals surface area contributed by atoms with Gasteiger partial charge in [0.15, 0.2) is 0 Å². The van der Waals surface area contributed by atoms with Gasteiger partial charge in [-0.25, -0.2) is 9.59 Å². The summed E-state index contributed by atoms with van der Waals surface area (Å²) in [6.45, 7) is 6.43. The molecule has 0 spiro atoms. The molecule has 294 valence electrons. The van der Waals surface area contributed by atoms with Gasteiger partial charge in [0.25, 0.3) is 0 Å². The number of aryl methyl sites for hydroxylation is 3. The average Bonchev–Trinajstić information content (AvgIpc) is 4.07. The fraction of sp³-hybridized carbons (Fsp3) is 0.0612. The molecule has 0 atom stereocenters. The Hall–Kier alpha value is -6.86. The lowest BCUT2D eigenvalue weighted by Crippen LogP contribution is -2.13. The molecule has 7 nitrogen and oxygen atoms in total. The zero-order chi connectivity index (χ0) is 42.3. The third-order valence-electron chi connectivity index (χ3n) is 9.31. The molecule has 0 bridgehead atoms. The first-order valence-corrected chi connectivity index (χ1v) is 21.8. The second kappa shape index (κ2) is 18.4. The number of carbonyl (C=O) groups is 2. The molecule has 0 amide bonds. The summed E-state index contributed by atoms with van der Waals surface area (Å²) in [6.07, 6.45) is 11.2. The number of anilines is 3. The number of hydrogen-bond acceptors (Lipinski definition) is 9. The van der Waals surface area contributed by atoms with Crippen LogP contribution in [0.1, 0.15) is 47.3 Å². The number of nitrogens with zero attached hydrogens (tertiary/aromatic N) is 3. The highest BCUT2D eigenvalue weighted by Crippen LogP contribution is 2.40. The molecule has 0 aliphatic rings. The van der Waals surface area contributed by atoms with Gasteiger partial charge in [-0.05, 0) is 140 Å². The van der Waals surface area contributed by atoms with Crippen molar-refractivity contribution in [3.63, 3.8) is 0 Å². The molecule has 60 heavy (non-hydrogen) atoms. The van der Waals surface area contributed by atoms with Gasteiger partial charge in [-0.1, -0.05) is 54.1 Å². The van der Waals surface area contributed by atoms with E-state index < -0.39 is 11.9 Å². The number of carboxylic acids is 2. The standard InChI is InChI=1S/C49H35N3O4S4/c1-30-24-31(2)47(32(3)25-30)52(37-10-4-33(5-11-37)8-14-39-16-20-43(57-39)45-22-18-41(59-45)26-35(28-50)48(53)54)38-12-6-34(7-13-38)9-15-40-17-21-44(58-40)46-23-19-42(60-46)27-36(29-51)49(55)56/h4-27H,1-3H3,(H,53,54)(H,55,56)/b14-8+,15-9+,35-26+,36-27+. The van der Waals surface area contributed by atoms with Gasteiger partial charge in [-0.2, -0.15) is 10.5 Å². The van der Waals surface area contributed by atoms with Crippen LogP contribution in [0.4, 0.5) is 17.1 Å². The molecule has 7 aromatic rings. The van der Waals surface area contributed by atoms with Crippen molar-refractivity contribution in [2.75, 3.05) is 4.90 Å². The fourth-order valence-electron chi connectivity index (χ4n) is 6.60. The maximum absolute atomic E-state index is 11.2. The lowest BCUT2D eigenvalue weighted by atomic mass is 10.0. The molecule has 0 unspecified atom stereocenters. The summed E-state index contributed by atoms with van der Waals surface area (Å²) in [7, 11) is 0. The third kappa shape index (κ3) is 9.70. The van der Waals surface area contributed by atoms with E-state index in [1.807, 2.05) is 24.3 Å². The van der Waals surface area contributed by atoms with Crippen molar-refractivity contribution in [3.8, 4) is 31.6 Å². The molecule has 0 saturated carbocycles. The van der Waals surface area contributed by atoms with Crippen LogP contribution in [-0.4, -0.2) is 22.2 Å². The van der Waals surface area contributed by atoms with Crippen molar-refractivity contribution < 1.29 is 19.8 Å². The van der Waals surface area contributed by atoms with Crippen LogP contribution in [0.25, 0.3) is 56.0 Å². The van der Waals surface area contributed by atoms with E-state index in [1.54, 1.807) is 34.8 Å². The molecule has 4 aromatic heterocycles. The molecule has 2 N–H and O–H groups in total. The topological polar surface area (TPSA) is 125 Å². The summed E-state index contributed by atoms with van der Waals surface area (Å²) in [5, 5.41) is 36.6. The Morgan fingerprint density at radius 2 is 0.867 bits per heavy atom. The third-order valence-corrected chi connectivity index (χ3v) is 13.9. The zero-order valence-electron chi connectivity index (χ0n) is 32.5. The molecule has 0 radical (unpaired) electrons. The number of aliphatic carboxylic acids is 2. The van der Waals surface area contributed by atoms with Gasteiger partial charge >= 0.3 is 11.9 Å². The lowest BCUT2D eigenvalue weighted by molar-refractivity contribution is -0.133. The van der Waals surface area contributed by atoms with Gasteiger partial charge in [0.05, 0.1) is 5.69 Å². The van der Waals surface area contributed by atoms with Gasteiger partial charge in [-0.15, -0.1) is 45.3 Å². The molecule has 4 heterocycles. The molecule has 11 heteroatoms. The number of hydrogen-bond donors (Lipinski definition) is 2. The fourth-order valence-corrected chi connectivity index (χ4v) is 10.5. The SMILES string of the molecule is Cc1cc(C)c(N(c2ccc(/C=C/c3ccc(-c4ccc(/C=C(\C#N)C(=O)O)s4)s3)cc2)c2ccc(/C=C/c3ccc(-c4ccc(/C=C(\C#N)C(=O)O)s4)s3)cc2)c(C)c1. The van der Waals surface area contributed by atoms with Gasteiger partial charge in [0.1, 0.15) is 23.3 Å². The predicted molar refractivity (Wildman–Crippen MR) is 251 cm³/mol. The van der Waals surface area contributed by atoms with E-state index in [0.29, 0.717) is 0 Å². The van der Waals surface area contributed by atoms with E-state index in [2.05, 4.69) is 135 Å². The quantitative estimate of drug-likeness (QED) is 0.0873.